The summed E-state index contributed by atoms with van der Waals surface area (Å²) in [4.78, 5) is 21.1. The number of rotatable bonds is 7. The van der Waals surface area contributed by atoms with Crippen molar-refractivity contribution in [3.8, 4) is 6.07 Å². The topological polar surface area (TPSA) is 183 Å². The second kappa shape index (κ2) is 8.11. The molecule has 0 aromatic carbocycles. The van der Waals surface area contributed by atoms with Crippen molar-refractivity contribution >= 4 is 18.1 Å². The summed E-state index contributed by atoms with van der Waals surface area (Å²) in [5.41, 5.74) is 1.84. The van der Waals surface area contributed by atoms with Crippen molar-refractivity contribution in [3.05, 3.63) is 0 Å². The summed E-state index contributed by atoms with van der Waals surface area (Å²) in [6, 6.07) is 1.54. The summed E-state index contributed by atoms with van der Waals surface area (Å²) < 4.78 is 0. The minimum Gasteiger partial charge on any atom is -0.479 e. The maximum atomic E-state index is 10.8. The summed E-state index contributed by atoms with van der Waals surface area (Å²) in [5, 5.41) is 56.4. The van der Waals surface area contributed by atoms with E-state index >= 15 is 0 Å². The molecular formula is C9H13N3O7. The summed E-state index contributed by atoms with van der Waals surface area (Å²) in [6.07, 6.45) is -8.14. The molecule has 10 heteroatoms. The zero-order valence-electron chi connectivity index (χ0n) is 9.54. The molecule has 0 spiro atoms. The molecule has 6 N–H and O–H groups in total. The number of nitrogens with one attached hydrogen (secondary N) is 1. The maximum absolute atomic E-state index is 10.8. The predicted octanol–water partition coefficient (Wildman–Crippen LogP) is -3.47. The van der Waals surface area contributed by atoms with Gasteiger partial charge in [0.25, 0.3) is 5.91 Å². The van der Waals surface area contributed by atoms with E-state index in [0.717, 1.165) is 0 Å². The van der Waals surface area contributed by atoms with E-state index in [1.807, 2.05) is 5.43 Å². The van der Waals surface area contributed by atoms with Crippen LogP contribution in [0, 0.1) is 11.3 Å². The largest absolute Gasteiger partial charge is 0.479 e. The lowest BCUT2D eigenvalue weighted by atomic mass is 10.0. The first-order chi connectivity index (χ1) is 8.81. The van der Waals surface area contributed by atoms with Crippen LogP contribution < -0.4 is 5.43 Å². The van der Waals surface area contributed by atoms with Gasteiger partial charge in [0.1, 0.15) is 24.7 Å². The fourth-order valence-corrected chi connectivity index (χ4v) is 0.920. The van der Waals surface area contributed by atoms with Crippen molar-refractivity contribution < 1.29 is 35.1 Å². The monoisotopic (exact) mass is 275 g/mol. The van der Waals surface area contributed by atoms with Gasteiger partial charge in [-0.15, -0.1) is 0 Å². The average molecular weight is 275 g/mol. The third-order valence-electron chi connectivity index (χ3n) is 1.93. The lowest BCUT2D eigenvalue weighted by Crippen LogP contribution is -2.48. The number of hydrogen-bond acceptors (Lipinski definition) is 8. The lowest BCUT2D eigenvalue weighted by Gasteiger charge is -2.22. The molecule has 4 atom stereocenters. The number of nitrogens with zero attached hydrogens (tertiary/aromatic N) is 2. The second-order valence-corrected chi connectivity index (χ2v) is 3.40. The zero-order chi connectivity index (χ0) is 15.0. The summed E-state index contributed by atoms with van der Waals surface area (Å²) >= 11 is 0. The van der Waals surface area contributed by atoms with E-state index in [4.69, 9.17) is 15.5 Å². The Hall–Kier alpha value is -2.06. The highest BCUT2D eigenvalue weighted by Gasteiger charge is 2.33. The van der Waals surface area contributed by atoms with Gasteiger partial charge in [-0.05, 0) is 0 Å². The first-order valence-corrected chi connectivity index (χ1v) is 4.95. The number of hydrogen-bond donors (Lipinski definition) is 6. The molecule has 0 radical (unpaired) electrons. The number of carboxylic acids is 1. The molecule has 0 aromatic heterocycles. The highest BCUT2D eigenvalue weighted by molar-refractivity contribution is 5.79. The van der Waals surface area contributed by atoms with Gasteiger partial charge in [-0.2, -0.15) is 10.4 Å². The number of aliphatic hydroxyl groups excluding tert-OH is 4. The van der Waals surface area contributed by atoms with E-state index < -0.39 is 42.7 Å². The van der Waals surface area contributed by atoms with Gasteiger partial charge in [0.15, 0.2) is 6.10 Å². The van der Waals surface area contributed by atoms with Crippen LogP contribution in [0.2, 0.25) is 0 Å². The van der Waals surface area contributed by atoms with Crippen LogP contribution in [-0.2, 0) is 9.59 Å². The fraction of sp³-hybridized carbons (Fsp3) is 0.556. The molecule has 19 heavy (non-hydrogen) atoms. The van der Waals surface area contributed by atoms with E-state index in [-0.39, 0.29) is 0 Å². The molecule has 0 fully saturated rings. The normalized spacial score (nSPS) is 17.2. The van der Waals surface area contributed by atoms with Gasteiger partial charge >= 0.3 is 5.97 Å². The lowest BCUT2D eigenvalue weighted by molar-refractivity contribution is -0.160. The predicted molar refractivity (Wildman–Crippen MR) is 58.5 cm³/mol. The van der Waals surface area contributed by atoms with E-state index in [9.17, 15) is 24.9 Å². The summed E-state index contributed by atoms with van der Waals surface area (Å²) in [5.74, 6) is -2.54. The van der Waals surface area contributed by atoms with Crippen LogP contribution in [0.1, 0.15) is 6.42 Å². The fourth-order valence-electron chi connectivity index (χ4n) is 0.920. The minimum atomic E-state index is -2.29. The van der Waals surface area contributed by atoms with Gasteiger partial charge in [-0.25, -0.2) is 10.2 Å². The SMILES string of the molecule is N#CCC(=O)N/N=C/[C@@H](O)[C@H](O)[C@H](O)[C@H](O)C(=O)O. The number of amides is 1. The minimum absolute atomic E-state index is 0.462. The van der Waals surface area contributed by atoms with Gasteiger partial charge < -0.3 is 25.5 Å². The van der Waals surface area contributed by atoms with Crippen LogP contribution in [0.3, 0.4) is 0 Å². The Balaban J connectivity index is 4.38. The van der Waals surface area contributed by atoms with E-state index in [1.165, 1.54) is 6.07 Å². The molecular weight excluding hydrogens is 262 g/mol. The molecule has 0 heterocycles. The third-order valence-corrected chi connectivity index (χ3v) is 1.93. The molecule has 0 aliphatic rings. The van der Waals surface area contributed by atoms with Crippen LogP contribution in [0.5, 0.6) is 0 Å². The van der Waals surface area contributed by atoms with Crippen molar-refractivity contribution in [2.45, 2.75) is 30.8 Å². The van der Waals surface area contributed by atoms with Gasteiger partial charge in [-0.3, -0.25) is 4.79 Å². The molecule has 0 aliphatic carbocycles. The van der Waals surface area contributed by atoms with Crippen LogP contribution in [0.15, 0.2) is 5.10 Å². The van der Waals surface area contributed by atoms with Crippen molar-refractivity contribution in [2.24, 2.45) is 5.10 Å². The Morgan fingerprint density at radius 3 is 2.32 bits per heavy atom. The first kappa shape index (κ1) is 16.9. The molecule has 1 amide bonds. The smallest absolute Gasteiger partial charge is 0.335 e. The molecule has 10 nitrogen and oxygen atoms in total. The number of carbonyl (C=O) groups is 2. The highest BCUT2D eigenvalue weighted by atomic mass is 16.4. The molecule has 106 valence electrons. The zero-order valence-corrected chi connectivity index (χ0v) is 9.54. The number of aliphatic hydroxyl groups is 4. The summed E-state index contributed by atoms with van der Waals surface area (Å²) in [7, 11) is 0. The number of carboxylic acid groups (broad SMARTS) is 1. The van der Waals surface area contributed by atoms with E-state index in [0.29, 0.717) is 6.21 Å². The van der Waals surface area contributed by atoms with E-state index in [2.05, 4.69) is 5.10 Å². The highest BCUT2D eigenvalue weighted by Crippen LogP contribution is 2.04. The molecule has 0 saturated carbocycles. The Labute approximate surface area is 107 Å². The standard InChI is InChI=1S/C9H13N3O7/c10-2-1-5(14)12-11-3-4(13)6(15)7(16)8(17)9(18)19/h3-4,6-8,13,15-17H,1H2,(H,12,14)(H,18,19)/b11-3+/t4-,6+,7+,8+/m1/s1. The van der Waals surface area contributed by atoms with Gasteiger partial charge in [-0.1, -0.05) is 0 Å². The Kier molecular flexibility index (Phi) is 7.23. The molecule has 0 saturated heterocycles. The quantitative estimate of drug-likeness (QED) is 0.204. The second-order valence-electron chi connectivity index (χ2n) is 3.40. The van der Waals surface area contributed by atoms with Crippen LogP contribution in [-0.4, -0.2) is 68.0 Å². The maximum Gasteiger partial charge on any atom is 0.335 e. The number of hydrazone groups is 1. The van der Waals surface area contributed by atoms with Crippen molar-refractivity contribution in [1.29, 1.82) is 5.26 Å². The molecule has 0 bridgehead atoms. The Bertz CT molecular complexity index is 392. The molecule has 0 aliphatic heterocycles. The van der Waals surface area contributed by atoms with Crippen LogP contribution >= 0.6 is 0 Å². The number of aliphatic carboxylic acids is 1. The Morgan fingerprint density at radius 1 is 1.26 bits per heavy atom. The van der Waals surface area contributed by atoms with Crippen molar-refractivity contribution in [3.63, 3.8) is 0 Å². The summed E-state index contributed by atoms with van der Waals surface area (Å²) in [6.45, 7) is 0. The molecule has 0 rings (SSSR count). The first-order valence-electron chi connectivity index (χ1n) is 4.95. The van der Waals surface area contributed by atoms with Crippen LogP contribution in [0.4, 0.5) is 0 Å². The molecule has 0 unspecified atom stereocenters. The number of carbonyl (C=O) groups excluding carboxylic acids is 1. The van der Waals surface area contributed by atoms with Crippen molar-refractivity contribution in [2.75, 3.05) is 0 Å². The van der Waals surface area contributed by atoms with Gasteiger partial charge in [0.05, 0.1) is 12.3 Å². The van der Waals surface area contributed by atoms with E-state index in [1.54, 1.807) is 0 Å². The Morgan fingerprint density at radius 2 is 1.84 bits per heavy atom. The average Bonchev–Trinajstić information content (AvgIpc) is 2.36. The van der Waals surface area contributed by atoms with Gasteiger partial charge in [0, 0.05) is 0 Å². The third kappa shape index (κ3) is 5.89. The molecule has 0 aromatic rings. The number of nitriles is 1. The van der Waals surface area contributed by atoms with Crippen LogP contribution in [0.25, 0.3) is 0 Å². The van der Waals surface area contributed by atoms with Gasteiger partial charge in [0.2, 0.25) is 0 Å². The van der Waals surface area contributed by atoms with Crippen molar-refractivity contribution in [1.82, 2.24) is 5.43 Å².